The summed E-state index contributed by atoms with van der Waals surface area (Å²) in [4.78, 5) is 8.84. The smallest absolute Gasteiger partial charge is 0.241 e. The molecule has 0 bridgehead atoms. The maximum atomic E-state index is 15.2. The summed E-state index contributed by atoms with van der Waals surface area (Å²) in [5, 5.41) is 0. The number of aryl methyl sites for hydroxylation is 1. The molecule has 2 aliphatic rings. The summed E-state index contributed by atoms with van der Waals surface area (Å²) in [6, 6.07) is 0. The van der Waals surface area contributed by atoms with Gasteiger partial charge in [-0.2, -0.15) is 0 Å². The van der Waals surface area contributed by atoms with Gasteiger partial charge in [0.15, 0.2) is 0 Å². The van der Waals surface area contributed by atoms with Crippen molar-refractivity contribution in [1.82, 2.24) is 9.97 Å². The summed E-state index contributed by atoms with van der Waals surface area (Å²) in [7, 11) is 0. The van der Waals surface area contributed by atoms with Crippen LogP contribution in [0, 0.1) is 17.8 Å². The van der Waals surface area contributed by atoms with Crippen LogP contribution < -0.4 is 0 Å². The number of aromatic nitrogens is 2. The molecule has 0 amide bonds. The van der Waals surface area contributed by atoms with Gasteiger partial charge in [0.05, 0.1) is 5.92 Å². The van der Waals surface area contributed by atoms with E-state index in [-0.39, 0.29) is 12.3 Å². The molecule has 0 N–H and O–H groups in total. The Kier molecular flexibility index (Phi) is 11.0. The second-order valence-electron chi connectivity index (χ2n) is 11.1. The molecular weight excluding hydrogens is 414 g/mol. The van der Waals surface area contributed by atoms with Crippen molar-refractivity contribution in [1.29, 1.82) is 0 Å². The number of rotatable bonds is 13. The van der Waals surface area contributed by atoms with Gasteiger partial charge in [-0.3, -0.25) is 0 Å². The quantitative estimate of drug-likeness (QED) is 0.273. The van der Waals surface area contributed by atoms with Gasteiger partial charge >= 0.3 is 0 Å². The van der Waals surface area contributed by atoms with Gasteiger partial charge in [-0.25, -0.2) is 18.7 Å². The number of hydrogen-bond acceptors (Lipinski definition) is 2. The molecule has 1 aromatic heterocycles. The van der Waals surface area contributed by atoms with Gasteiger partial charge in [0.2, 0.25) is 0 Å². The van der Waals surface area contributed by atoms with Gasteiger partial charge < -0.3 is 0 Å². The average molecular weight is 463 g/mol. The Balaban J connectivity index is 1.43. The van der Waals surface area contributed by atoms with E-state index in [2.05, 4.69) is 23.8 Å². The van der Waals surface area contributed by atoms with Crippen LogP contribution >= 0.6 is 0 Å². The van der Waals surface area contributed by atoms with Crippen LogP contribution in [0.3, 0.4) is 0 Å². The van der Waals surface area contributed by atoms with Crippen molar-refractivity contribution in [3.8, 4) is 0 Å². The molecule has 2 saturated carbocycles. The molecule has 0 unspecified atom stereocenters. The van der Waals surface area contributed by atoms with Crippen LogP contribution in [0.15, 0.2) is 12.4 Å². The van der Waals surface area contributed by atoms with Crippen LogP contribution in [-0.2, 0) is 6.42 Å². The number of alkyl halides is 2. The van der Waals surface area contributed by atoms with Gasteiger partial charge in [-0.15, -0.1) is 0 Å². The van der Waals surface area contributed by atoms with E-state index in [1.54, 1.807) is 12.4 Å². The molecule has 0 aromatic carbocycles. The fourth-order valence-electron chi connectivity index (χ4n) is 6.32. The zero-order chi connectivity index (χ0) is 23.5. The summed E-state index contributed by atoms with van der Waals surface area (Å²) in [5.41, 5.74) is 1.09. The summed E-state index contributed by atoms with van der Waals surface area (Å²) in [6.07, 6.45) is 23.7. The Bertz CT molecular complexity index is 652. The first kappa shape index (κ1) is 26.5. The Hall–Kier alpha value is -1.06. The molecule has 2 nitrogen and oxygen atoms in total. The summed E-state index contributed by atoms with van der Waals surface area (Å²) >= 11 is 0. The minimum atomic E-state index is -2.68. The number of unbranched alkanes of at least 4 members (excludes halogenated alkanes) is 7. The Morgan fingerprint density at radius 2 is 1.36 bits per heavy atom. The van der Waals surface area contributed by atoms with E-state index in [0.717, 1.165) is 43.6 Å². The van der Waals surface area contributed by atoms with E-state index >= 15 is 8.78 Å². The van der Waals surface area contributed by atoms with Crippen LogP contribution in [-0.4, -0.2) is 15.9 Å². The van der Waals surface area contributed by atoms with Crippen LogP contribution in [0.1, 0.15) is 140 Å². The molecule has 4 heteroatoms. The highest BCUT2D eigenvalue weighted by Crippen LogP contribution is 2.50. The predicted octanol–water partition coefficient (Wildman–Crippen LogP) is 9.29. The maximum Gasteiger partial charge on any atom is 0.258 e. The first-order valence-corrected chi connectivity index (χ1v) is 14.2. The SMILES string of the molecule is CCCCCCCCc1cnc([C@H]2CC[C@H](C3CCC(CCCCC)CC3)CC2(F)F)nc1. The first-order valence-electron chi connectivity index (χ1n) is 14.2. The van der Waals surface area contributed by atoms with Gasteiger partial charge in [0.25, 0.3) is 5.92 Å². The lowest BCUT2D eigenvalue weighted by molar-refractivity contribution is -0.0866. The van der Waals surface area contributed by atoms with Gasteiger partial charge in [0.1, 0.15) is 5.82 Å². The van der Waals surface area contributed by atoms with E-state index in [0.29, 0.717) is 18.2 Å². The van der Waals surface area contributed by atoms with Crippen LogP contribution in [0.25, 0.3) is 0 Å². The van der Waals surface area contributed by atoms with E-state index in [9.17, 15) is 0 Å². The fraction of sp³-hybridized carbons (Fsp3) is 0.862. The topological polar surface area (TPSA) is 25.8 Å². The summed E-state index contributed by atoms with van der Waals surface area (Å²) < 4.78 is 30.4. The zero-order valence-corrected chi connectivity index (χ0v) is 21.3. The molecule has 1 aromatic rings. The molecule has 3 rings (SSSR count). The molecular formula is C29H48F2N2. The van der Waals surface area contributed by atoms with Gasteiger partial charge in [-0.1, -0.05) is 84.5 Å². The highest BCUT2D eigenvalue weighted by Gasteiger charge is 2.49. The molecule has 2 atom stereocenters. The highest BCUT2D eigenvalue weighted by atomic mass is 19.3. The predicted molar refractivity (Wildman–Crippen MR) is 134 cm³/mol. The Morgan fingerprint density at radius 1 is 0.758 bits per heavy atom. The van der Waals surface area contributed by atoms with Crippen molar-refractivity contribution in [3.63, 3.8) is 0 Å². The molecule has 0 radical (unpaired) electrons. The number of hydrogen-bond donors (Lipinski definition) is 0. The third-order valence-electron chi connectivity index (χ3n) is 8.50. The van der Waals surface area contributed by atoms with Crippen molar-refractivity contribution in [2.24, 2.45) is 17.8 Å². The van der Waals surface area contributed by atoms with E-state index < -0.39 is 11.8 Å². The van der Waals surface area contributed by atoms with Crippen LogP contribution in [0.4, 0.5) is 8.78 Å². The van der Waals surface area contributed by atoms with Crippen molar-refractivity contribution >= 4 is 0 Å². The van der Waals surface area contributed by atoms with E-state index in [4.69, 9.17) is 0 Å². The second kappa shape index (κ2) is 13.7. The number of halogens is 2. The molecule has 33 heavy (non-hydrogen) atoms. The van der Waals surface area contributed by atoms with Crippen molar-refractivity contribution in [2.75, 3.05) is 0 Å². The van der Waals surface area contributed by atoms with Crippen LogP contribution in [0.5, 0.6) is 0 Å². The fourth-order valence-corrected chi connectivity index (χ4v) is 6.32. The van der Waals surface area contributed by atoms with Gasteiger partial charge in [-0.05, 0) is 61.8 Å². The maximum absolute atomic E-state index is 15.2. The van der Waals surface area contributed by atoms with Crippen LogP contribution in [0.2, 0.25) is 0 Å². The molecule has 188 valence electrons. The minimum absolute atomic E-state index is 0.0334. The Morgan fingerprint density at radius 3 is 2.03 bits per heavy atom. The first-order chi connectivity index (χ1) is 16.0. The number of nitrogens with zero attached hydrogens (tertiary/aromatic N) is 2. The van der Waals surface area contributed by atoms with Crippen molar-refractivity contribution in [2.45, 2.75) is 141 Å². The molecule has 2 fully saturated rings. The second-order valence-corrected chi connectivity index (χ2v) is 11.1. The standard InChI is InChI=1S/C29H48F2N2/c1-3-5-7-8-9-11-13-24-21-32-28(33-22-24)27-19-18-26(20-29(27,30)31)25-16-14-23(15-17-25)12-10-6-4-2/h21-23,25-27H,3-20H2,1-2H3/t23?,25?,26-,27+/m0/s1. The zero-order valence-electron chi connectivity index (χ0n) is 21.3. The normalized spacial score (nSPS) is 27.5. The average Bonchev–Trinajstić information content (AvgIpc) is 2.82. The molecule has 1 heterocycles. The lowest BCUT2D eigenvalue weighted by Gasteiger charge is -2.41. The summed E-state index contributed by atoms with van der Waals surface area (Å²) in [5.74, 6) is -1.60. The molecule has 0 aliphatic heterocycles. The van der Waals surface area contributed by atoms with E-state index in [1.807, 2.05) is 0 Å². The Labute approximate surface area is 201 Å². The largest absolute Gasteiger partial charge is 0.258 e. The summed E-state index contributed by atoms with van der Waals surface area (Å²) in [6.45, 7) is 4.48. The van der Waals surface area contributed by atoms with E-state index in [1.165, 1.54) is 70.6 Å². The lowest BCUT2D eigenvalue weighted by Crippen LogP contribution is -2.38. The highest BCUT2D eigenvalue weighted by molar-refractivity contribution is 5.11. The molecule has 0 saturated heterocycles. The third kappa shape index (κ3) is 8.28. The molecule has 2 aliphatic carbocycles. The lowest BCUT2D eigenvalue weighted by atomic mass is 9.67. The minimum Gasteiger partial charge on any atom is -0.241 e. The third-order valence-corrected chi connectivity index (χ3v) is 8.50. The van der Waals surface area contributed by atoms with Crippen molar-refractivity contribution in [3.05, 3.63) is 23.8 Å². The van der Waals surface area contributed by atoms with Crippen molar-refractivity contribution < 1.29 is 8.78 Å². The molecule has 0 spiro atoms. The monoisotopic (exact) mass is 462 g/mol. The van der Waals surface area contributed by atoms with Gasteiger partial charge in [0, 0.05) is 18.8 Å².